The Labute approximate surface area is 149 Å². The number of nitrogens with one attached hydrogen (secondary N) is 1. The van der Waals surface area contributed by atoms with E-state index in [1.165, 1.54) is 18.3 Å². The van der Waals surface area contributed by atoms with Crippen LogP contribution in [0.15, 0.2) is 64.2 Å². The number of carbonyl (C=O) groups excluding carboxylic acids is 1. The molecule has 0 unspecified atom stereocenters. The molecule has 1 amide bonds. The third-order valence-electron chi connectivity index (χ3n) is 3.67. The van der Waals surface area contributed by atoms with Crippen molar-refractivity contribution < 1.29 is 19.2 Å². The maximum absolute atomic E-state index is 12.5. The van der Waals surface area contributed by atoms with Gasteiger partial charge in [0.05, 0.1) is 11.8 Å². The fraction of sp³-hybridized carbons (Fsp3) is 0.0526. The van der Waals surface area contributed by atoms with Gasteiger partial charge in [-0.25, -0.2) is 10.2 Å². The number of hydrogen-bond acceptors (Lipinski definition) is 5. The topological polar surface area (TPSA) is 105 Å². The summed E-state index contributed by atoms with van der Waals surface area (Å²) in [6, 6.07) is 15.4. The molecule has 1 aromatic heterocycles. The number of hydrogen-bond donors (Lipinski definition) is 2. The highest BCUT2D eigenvalue weighted by molar-refractivity contribution is 6.01. The summed E-state index contributed by atoms with van der Waals surface area (Å²) in [5.41, 5.74) is 4.80. The minimum atomic E-state index is -1.00. The predicted octanol–water partition coefficient (Wildman–Crippen LogP) is 3.11. The molecule has 0 aliphatic heterocycles. The summed E-state index contributed by atoms with van der Waals surface area (Å²) in [7, 11) is 0. The van der Waals surface area contributed by atoms with E-state index in [-0.39, 0.29) is 5.56 Å². The lowest BCUT2D eigenvalue weighted by Gasteiger charge is -2.01. The van der Waals surface area contributed by atoms with Crippen LogP contribution < -0.4 is 5.43 Å². The first-order chi connectivity index (χ1) is 12.6. The van der Waals surface area contributed by atoms with Crippen molar-refractivity contribution in [1.29, 1.82) is 0 Å². The molecule has 0 aliphatic carbocycles. The maximum atomic E-state index is 12.5. The van der Waals surface area contributed by atoms with Gasteiger partial charge in [-0.3, -0.25) is 4.79 Å². The molecular formula is C19H15N3O4. The van der Waals surface area contributed by atoms with Gasteiger partial charge in [-0.05, 0) is 24.6 Å². The van der Waals surface area contributed by atoms with E-state index < -0.39 is 11.9 Å². The Morgan fingerprint density at radius 1 is 1.12 bits per heavy atom. The van der Waals surface area contributed by atoms with Crippen LogP contribution >= 0.6 is 0 Å². The number of aromatic carboxylic acids is 1. The van der Waals surface area contributed by atoms with E-state index in [1.54, 1.807) is 19.1 Å². The molecule has 0 saturated heterocycles. The number of amides is 1. The van der Waals surface area contributed by atoms with Crippen LogP contribution in [-0.2, 0) is 0 Å². The SMILES string of the molecule is Cc1onc(-c2ccccc2)c1C(=O)N/N=C/c1ccc(C(=O)O)cc1. The molecule has 0 radical (unpaired) electrons. The molecule has 7 heteroatoms. The summed E-state index contributed by atoms with van der Waals surface area (Å²) in [5, 5.41) is 16.7. The summed E-state index contributed by atoms with van der Waals surface area (Å²) < 4.78 is 5.15. The summed E-state index contributed by atoms with van der Waals surface area (Å²) in [4.78, 5) is 23.3. The smallest absolute Gasteiger partial charge is 0.335 e. The number of benzene rings is 2. The lowest BCUT2D eigenvalue weighted by atomic mass is 10.1. The summed E-state index contributed by atoms with van der Waals surface area (Å²) in [5.74, 6) is -1.05. The quantitative estimate of drug-likeness (QED) is 0.544. The van der Waals surface area contributed by atoms with Crippen LogP contribution in [0.2, 0.25) is 0 Å². The second-order valence-corrected chi connectivity index (χ2v) is 5.45. The van der Waals surface area contributed by atoms with Crippen LogP contribution in [0.5, 0.6) is 0 Å². The minimum Gasteiger partial charge on any atom is -0.478 e. The highest BCUT2D eigenvalue weighted by Crippen LogP contribution is 2.24. The molecular weight excluding hydrogens is 334 g/mol. The number of carbonyl (C=O) groups is 2. The van der Waals surface area contributed by atoms with Gasteiger partial charge >= 0.3 is 5.97 Å². The fourth-order valence-corrected chi connectivity index (χ4v) is 2.37. The van der Waals surface area contributed by atoms with Gasteiger partial charge in [0.15, 0.2) is 0 Å². The molecule has 0 atom stereocenters. The summed E-state index contributed by atoms with van der Waals surface area (Å²) in [6.45, 7) is 1.66. The number of rotatable bonds is 5. The van der Waals surface area contributed by atoms with Gasteiger partial charge in [-0.15, -0.1) is 0 Å². The zero-order valence-electron chi connectivity index (χ0n) is 13.8. The van der Waals surface area contributed by atoms with Crippen molar-refractivity contribution in [2.75, 3.05) is 0 Å². The predicted molar refractivity (Wildman–Crippen MR) is 95.1 cm³/mol. The van der Waals surface area contributed by atoms with E-state index in [2.05, 4.69) is 15.7 Å². The van der Waals surface area contributed by atoms with E-state index in [1.807, 2.05) is 30.3 Å². The van der Waals surface area contributed by atoms with E-state index >= 15 is 0 Å². The van der Waals surface area contributed by atoms with E-state index in [9.17, 15) is 9.59 Å². The zero-order valence-corrected chi connectivity index (χ0v) is 13.8. The maximum Gasteiger partial charge on any atom is 0.335 e. The number of carboxylic acids is 1. The molecule has 2 N–H and O–H groups in total. The number of hydrazone groups is 1. The van der Waals surface area contributed by atoms with Crippen LogP contribution in [0.1, 0.15) is 32.0 Å². The lowest BCUT2D eigenvalue weighted by molar-refractivity contribution is 0.0696. The molecule has 0 saturated carbocycles. The van der Waals surface area contributed by atoms with Crippen molar-refractivity contribution in [2.24, 2.45) is 5.10 Å². The minimum absolute atomic E-state index is 0.179. The van der Waals surface area contributed by atoms with Gasteiger partial charge in [0.25, 0.3) is 5.91 Å². The normalized spacial score (nSPS) is 10.8. The highest BCUT2D eigenvalue weighted by Gasteiger charge is 2.21. The second kappa shape index (κ2) is 7.43. The molecule has 3 aromatic rings. The summed E-state index contributed by atoms with van der Waals surface area (Å²) >= 11 is 0. The van der Waals surface area contributed by atoms with Crippen molar-refractivity contribution in [3.05, 3.63) is 77.0 Å². The van der Waals surface area contributed by atoms with Crippen molar-refractivity contribution in [3.8, 4) is 11.3 Å². The van der Waals surface area contributed by atoms with Crippen LogP contribution in [0.3, 0.4) is 0 Å². The fourth-order valence-electron chi connectivity index (χ4n) is 2.37. The van der Waals surface area contributed by atoms with Gasteiger partial charge < -0.3 is 9.63 Å². The van der Waals surface area contributed by atoms with Gasteiger partial charge in [0.1, 0.15) is 17.0 Å². The molecule has 0 fully saturated rings. The highest BCUT2D eigenvalue weighted by atomic mass is 16.5. The van der Waals surface area contributed by atoms with Crippen LogP contribution in [0.25, 0.3) is 11.3 Å². The second-order valence-electron chi connectivity index (χ2n) is 5.45. The van der Waals surface area contributed by atoms with E-state index in [4.69, 9.17) is 9.63 Å². The number of aryl methyl sites for hydroxylation is 1. The standard InChI is InChI=1S/C19H15N3O4/c1-12-16(17(22-26-12)14-5-3-2-4-6-14)18(23)21-20-11-13-7-9-15(10-8-13)19(24)25/h2-11H,1H3,(H,21,23)(H,24,25)/b20-11+. The van der Waals surface area contributed by atoms with Crippen LogP contribution in [0, 0.1) is 6.92 Å². The Kier molecular flexibility index (Phi) is 4.89. The monoisotopic (exact) mass is 349 g/mol. The Hall–Kier alpha value is -3.74. The zero-order chi connectivity index (χ0) is 18.5. The van der Waals surface area contributed by atoms with Crippen molar-refractivity contribution in [2.45, 2.75) is 6.92 Å². The largest absolute Gasteiger partial charge is 0.478 e. The molecule has 1 heterocycles. The number of nitrogens with zero attached hydrogens (tertiary/aromatic N) is 2. The molecule has 3 rings (SSSR count). The van der Waals surface area contributed by atoms with Gasteiger partial charge in [0, 0.05) is 5.56 Å². The van der Waals surface area contributed by atoms with Crippen molar-refractivity contribution in [3.63, 3.8) is 0 Å². The molecule has 0 bridgehead atoms. The summed E-state index contributed by atoms with van der Waals surface area (Å²) in [6.07, 6.45) is 1.43. The lowest BCUT2D eigenvalue weighted by Crippen LogP contribution is -2.18. The number of carboxylic acid groups (broad SMARTS) is 1. The Bertz CT molecular complexity index is 960. The Balaban J connectivity index is 1.75. The Morgan fingerprint density at radius 3 is 2.46 bits per heavy atom. The van der Waals surface area contributed by atoms with Crippen LogP contribution in [-0.4, -0.2) is 28.4 Å². The van der Waals surface area contributed by atoms with Gasteiger partial charge in [-0.2, -0.15) is 5.10 Å². The van der Waals surface area contributed by atoms with Gasteiger partial charge in [0.2, 0.25) is 0 Å². The molecule has 2 aromatic carbocycles. The third kappa shape index (κ3) is 3.67. The van der Waals surface area contributed by atoms with E-state index in [0.29, 0.717) is 22.6 Å². The molecule has 26 heavy (non-hydrogen) atoms. The van der Waals surface area contributed by atoms with Crippen molar-refractivity contribution >= 4 is 18.1 Å². The average molecular weight is 349 g/mol. The average Bonchev–Trinajstić information content (AvgIpc) is 3.04. The molecule has 0 spiro atoms. The van der Waals surface area contributed by atoms with Crippen LogP contribution in [0.4, 0.5) is 0 Å². The Morgan fingerprint density at radius 2 is 1.81 bits per heavy atom. The van der Waals surface area contributed by atoms with Gasteiger partial charge in [-0.1, -0.05) is 47.6 Å². The van der Waals surface area contributed by atoms with Crippen molar-refractivity contribution in [1.82, 2.24) is 10.6 Å². The number of aromatic nitrogens is 1. The first-order valence-corrected chi connectivity index (χ1v) is 7.74. The molecule has 130 valence electrons. The van der Waals surface area contributed by atoms with E-state index in [0.717, 1.165) is 5.56 Å². The first kappa shape index (κ1) is 17.1. The third-order valence-corrected chi connectivity index (χ3v) is 3.67. The molecule has 0 aliphatic rings. The first-order valence-electron chi connectivity index (χ1n) is 7.74. The molecule has 7 nitrogen and oxygen atoms in total.